The van der Waals surface area contributed by atoms with Gasteiger partial charge in [0.1, 0.15) is 24.5 Å². The molecule has 0 N–H and O–H groups in total. The molecule has 3 aromatic rings. The van der Waals surface area contributed by atoms with Crippen molar-refractivity contribution in [3.8, 4) is 5.75 Å². The van der Waals surface area contributed by atoms with Gasteiger partial charge in [-0.3, -0.25) is 0 Å². The highest BCUT2D eigenvalue weighted by Gasteiger charge is 2.09. The SMILES string of the molecule is CN(CCOc1ccc(Cl)cc1)c1ncnc2ccsc12. The summed E-state index contributed by atoms with van der Waals surface area (Å²) in [6.07, 6.45) is 1.60. The van der Waals surface area contributed by atoms with E-state index in [1.165, 1.54) is 0 Å². The van der Waals surface area contributed by atoms with Crippen molar-refractivity contribution < 1.29 is 4.74 Å². The van der Waals surface area contributed by atoms with Gasteiger partial charge in [-0.2, -0.15) is 0 Å². The number of nitrogens with zero attached hydrogens (tertiary/aromatic N) is 3. The molecule has 0 aliphatic rings. The molecule has 108 valence electrons. The summed E-state index contributed by atoms with van der Waals surface area (Å²) >= 11 is 7.50. The molecule has 1 aromatic carbocycles. The zero-order chi connectivity index (χ0) is 14.7. The highest BCUT2D eigenvalue weighted by Crippen LogP contribution is 2.26. The number of ether oxygens (including phenoxy) is 1. The van der Waals surface area contributed by atoms with E-state index in [4.69, 9.17) is 16.3 Å². The molecule has 4 nitrogen and oxygen atoms in total. The topological polar surface area (TPSA) is 38.2 Å². The van der Waals surface area contributed by atoms with Gasteiger partial charge in [0.05, 0.1) is 16.8 Å². The summed E-state index contributed by atoms with van der Waals surface area (Å²) in [5.74, 6) is 1.76. The first-order valence-corrected chi connectivity index (χ1v) is 7.77. The summed E-state index contributed by atoms with van der Waals surface area (Å²) in [5.41, 5.74) is 0.982. The Morgan fingerprint density at radius 1 is 1.19 bits per heavy atom. The fourth-order valence-corrected chi connectivity index (χ4v) is 3.00. The third-order valence-corrected chi connectivity index (χ3v) is 4.25. The van der Waals surface area contributed by atoms with Crippen LogP contribution in [0.2, 0.25) is 5.02 Å². The van der Waals surface area contributed by atoms with Crippen LogP contribution in [0.5, 0.6) is 5.75 Å². The number of rotatable bonds is 5. The minimum absolute atomic E-state index is 0.578. The van der Waals surface area contributed by atoms with Gasteiger partial charge < -0.3 is 9.64 Å². The Hall–Kier alpha value is -1.85. The van der Waals surface area contributed by atoms with Gasteiger partial charge in [-0.15, -0.1) is 11.3 Å². The van der Waals surface area contributed by atoms with E-state index in [1.54, 1.807) is 17.7 Å². The van der Waals surface area contributed by atoms with Crippen LogP contribution in [0.15, 0.2) is 42.0 Å². The third-order valence-electron chi connectivity index (χ3n) is 3.10. The molecular weight excluding hydrogens is 306 g/mol. The second-order valence-electron chi connectivity index (χ2n) is 4.56. The van der Waals surface area contributed by atoms with Crippen LogP contribution in [-0.2, 0) is 0 Å². The maximum absolute atomic E-state index is 5.84. The molecule has 2 heterocycles. The van der Waals surface area contributed by atoms with E-state index < -0.39 is 0 Å². The molecule has 0 atom stereocenters. The van der Waals surface area contributed by atoms with E-state index in [1.807, 2.05) is 42.8 Å². The molecule has 0 radical (unpaired) electrons. The van der Waals surface area contributed by atoms with Gasteiger partial charge in [0.2, 0.25) is 0 Å². The average Bonchev–Trinajstić information content (AvgIpc) is 2.97. The number of benzene rings is 1. The minimum atomic E-state index is 0.578. The maximum Gasteiger partial charge on any atom is 0.149 e. The fraction of sp³-hybridized carbons (Fsp3) is 0.200. The van der Waals surface area contributed by atoms with Crippen LogP contribution in [0.3, 0.4) is 0 Å². The van der Waals surface area contributed by atoms with Crippen LogP contribution in [0.4, 0.5) is 5.82 Å². The van der Waals surface area contributed by atoms with Crippen LogP contribution in [0.1, 0.15) is 0 Å². The van der Waals surface area contributed by atoms with E-state index in [2.05, 4.69) is 14.9 Å². The highest BCUT2D eigenvalue weighted by molar-refractivity contribution is 7.17. The van der Waals surface area contributed by atoms with Crippen LogP contribution < -0.4 is 9.64 Å². The summed E-state index contributed by atoms with van der Waals surface area (Å²) in [5, 5.41) is 2.74. The number of likely N-dealkylation sites (N-methyl/N-ethyl adjacent to an activating group) is 1. The summed E-state index contributed by atoms with van der Waals surface area (Å²) in [6, 6.07) is 9.37. The van der Waals surface area contributed by atoms with E-state index >= 15 is 0 Å². The first-order valence-electron chi connectivity index (χ1n) is 6.52. The van der Waals surface area contributed by atoms with Gasteiger partial charge in [0.15, 0.2) is 0 Å². The first-order chi connectivity index (χ1) is 10.2. The Morgan fingerprint density at radius 2 is 2.00 bits per heavy atom. The monoisotopic (exact) mass is 319 g/mol. The largest absolute Gasteiger partial charge is 0.492 e. The van der Waals surface area contributed by atoms with Crippen molar-refractivity contribution in [3.05, 3.63) is 47.1 Å². The Kier molecular flexibility index (Phi) is 4.22. The second kappa shape index (κ2) is 6.28. The molecule has 0 bridgehead atoms. The molecule has 0 aliphatic carbocycles. The average molecular weight is 320 g/mol. The molecule has 21 heavy (non-hydrogen) atoms. The minimum Gasteiger partial charge on any atom is -0.492 e. The van der Waals surface area contributed by atoms with Gasteiger partial charge in [-0.1, -0.05) is 11.6 Å². The lowest BCUT2D eigenvalue weighted by Crippen LogP contribution is -2.24. The molecule has 0 spiro atoms. The predicted octanol–water partition coefficient (Wildman–Crippen LogP) is 3.86. The fourth-order valence-electron chi connectivity index (χ4n) is 1.98. The molecule has 0 saturated heterocycles. The van der Waals surface area contributed by atoms with E-state index in [9.17, 15) is 0 Å². The molecule has 0 fully saturated rings. The number of aromatic nitrogens is 2. The van der Waals surface area contributed by atoms with Gasteiger partial charge in [-0.25, -0.2) is 9.97 Å². The Morgan fingerprint density at radius 3 is 2.81 bits per heavy atom. The van der Waals surface area contributed by atoms with Crippen molar-refractivity contribution in [3.63, 3.8) is 0 Å². The molecule has 0 saturated carbocycles. The highest BCUT2D eigenvalue weighted by atomic mass is 35.5. The number of thiophene rings is 1. The zero-order valence-corrected chi connectivity index (χ0v) is 13.1. The van der Waals surface area contributed by atoms with Gasteiger partial charge in [-0.05, 0) is 35.7 Å². The number of hydrogen-bond donors (Lipinski definition) is 0. The van der Waals surface area contributed by atoms with Gasteiger partial charge >= 0.3 is 0 Å². The van der Waals surface area contributed by atoms with Crippen LogP contribution in [0.25, 0.3) is 10.2 Å². The Balaban J connectivity index is 1.62. The predicted molar refractivity (Wildman–Crippen MR) is 87.6 cm³/mol. The number of halogens is 1. The molecule has 0 aliphatic heterocycles. The van der Waals surface area contributed by atoms with Crippen molar-refractivity contribution in [2.24, 2.45) is 0 Å². The Bertz CT molecular complexity index is 729. The van der Waals surface area contributed by atoms with E-state index in [-0.39, 0.29) is 0 Å². The lowest BCUT2D eigenvalue weighted by molar-refractivity contribution is 0.326. The van der Waals surface area contributed by atoms with Gasteiger partial charge in [0.25, 0.3) is 0 Å². The van der Waals surface area contributed by atoms with Crippen molar-refractivity contribution in [2.45, 2.75) is 0 Å². The summed E-state index contributed by atoms with van der Waals surface area (Å²) in [7, 11) is 2.01. The summed E-state index contributed by atoms with van der Waals surface area (Å²) in [4.78, 5) is 10.7. The lowest BCUT2D eigenvalue weighted by atomic mass is 10.3. The van der Waals surface area contributed by atoms with Crippen molar-refractivity contribution >= 4 is 39.0 Å². The lowest BCUT2D eigenvalue weighted by Gasteiger charge is -2.18. The Labute approximate surface area is 132 Å². The van der Waals surface area contributed by atoms with Crippen LogP contribution in [0, 0.1) is 0 Å². The van der Waals surface area contributed by atoms with Crippen molar-refractivity contribution in [1.29, 1.82) is 0 Å². The summed E-state index contributed by atoms with van der Waals surface area (Å²) in [6.45, 7) is 1.32. The normalized spacial score (nSPS) is 10.8. The molecule has 0 amide bonds. The maximum atomic E-state index is 5.84. The second-order valence-corrected chi connectivity index (χ2v) is 5.91. The molecule has 0 unspecified atom stereocenters. The smallest absolute Gasteiger partial charge is 0.149 e. The van der Waals surface area contributed by atoms with Crippen molar-refractivity contribution in [1.82, 2.24) is 9.97 Å². The first kappa shape index (κ1) is 14.1. The zero-order valence-electron chi connectivity index (χ0n) is 11.5. The molecular formula is C15H14ClN3OS. The molecule has 2 aromatic heterocycles. The quantitative estimate of drug-likeness (QED) is 0.715. The number of fused-ring (bicyclic) bond motifs is 1. The van der Waals surface area contributed by atoms with Gasteiger partial charge in [0, 0.05) is 12.1 Å². The molecule has 3 rings (SSSR count). The van der Waals surface area contributed by atoms with Crippen LogP contribution >= 0.6 is 22.9 Å². The third kappa shape index (κ3) is 3.25. The number of anilines is 1. The number of hydrogen-bond acceptors (Lipinski definition) is 5. The van der Waals surface area contributed by atoms with Crippen molar-refractivity contribution in [2.75, 3.05) is 25.1 Å². The van der Waals surface area contributed by atoms with Crippen LogP contribution in [-0.4, -0.2) is 30.2 Å². The summed E-state index contributed by atoms with van der Waals surface area (Å²) < 4.78 is 6.81. The molecule has 6 heteroatoms. The van der Waals surface area contributed by atoms with E-state index in [0.29, 0.717) is 11.6 Å². The standard InChI is InChI=1S/C15H14ClN3OS/c1-19(7-8-20-12-4-2-11(16)3-5-12)15-14-13(6-9-21-14)17-10-18-15/h2-6,9-10H,7-8H2,1H3. The van der Waals surface area contributed by atoms with E-state index in [0.717, 1.165) is 28.3 Å².